The number of amidine groups is 1. The lowest BCUT2D eigenvalue weighted by molar-refractivity contribution is -0.448. The lowest BCUT2D eigenvalue weighted by atomic mass is 9.90. The van der Waals surface area contributed by atoms with E-state index in [9.17, 15) is 70.4 Å². The maximum atomic E-state index is 14.6. The van der Waals surface area contributed by atoms with Crippen LogP contribution in [0.25, 0.3) is 5.70 Å². The molecule has 1 aliphatic rings. The van der Waals surface area contributed by atoms with Gasteiger partial charge in [-0.2, -0.15) is 70.6 Å². The molecule has 0 radical (unpaired) electrons. The average Bonchev–Trinajstić information content (AvgIpc) is 3.26. The summed E-state index contributed by atoms with van der Waals surface area (Å²) in [7, 11) is -5.07. The van der Waals surface area contributed by atoms with Gasteiger partial charge in [0.2, 0.25) is 0 Å². The van der Waals surface area contributed by atoms with Crippen molar-refractivity contribution in [3.63, 3.8) is 0 Å². The third-order valence-electron chi connectivity index (χ3n) is 4.51. The zero-order valence-corrected chi connectivity index (χ0v) is 18.2. The zero-order chi connectivity index (χ0) is 29.1. The number of nitrogens with zero attached hydrogens (tertiary/aromatic N) is 1. The van der Waals surface area contributed by atoms with Gasteiger partial charge in [0.15, 0.2) is 5.84 Å². The Bertz CT molecular complexity index is 1110. The molecule has 0 aromatic carbocycles. The molecule has 1 aliphatic heterocycles. The van der Waals surface area contributed by atoms with E-state index in [0.29, 0.717) is 5.82 Å². The second-order valence-corrected chi connectivity index (χ2v) is 8.86. The Kier molecular flexibility index (Phi) is 7.37. The van der Waals surface area contributed by atoms with Crippen molar-refractivity contribution < 1.29 is 79.4 Å². The number of furan rings is 1. The number of nitrogens with one attached hydrogen (secondary N) is 1. The summed E-state index contributed by atoms with van der Waals surface area (Å²) in [5.41, 5.74) is -1.02. The topological polar surface area (TPSA) is 63.8 Å². The van der Waals surface area contributed by atoms with Crippen molar-refractivity contribution in [3.8, 4) is 0 Å². The van der Waals surface area contributed by atoms with E-state index in [1.807, 2.05) is 0 Å². The number of hydrogen-bond donors (Lipinski definition) is 1. The Morgan fingerprint density at radius 1 is 0.838 bits per heavy atom. The molecule has 2 rings (SSSR count). The van der Waals surface area contributed by atoms with Gasteiger partial charge in [-0.05, 0) is 19.1 Å². The molecule has 0 aliphatic carbocycles. The summed E-state index contributed by atoms with van der Waals surface area (Å²) < 4.78 is 226. The van der Waals surface area contributed by atoms with Crippen molar-refractivity contribution in [2.45, 2.75) is 48.6 Å². The molecule has 0 bridgehead atoms. The second-order valence-electron chi connectivity index (χ2n) is 7.02. The van der Waals surface area contributed by atoms with E-state index in [1.54, 1.807) is 0 Å². The van der Waals surface area contributed by atoms with Crippen LogP contribution in [0.2, 0.25) is 0 Å². The summed E-state index contributed by atoms with van der Waals surface area (Å²) >= 11 is 0. The maximum absolute atomic E-state index is 14.6. The molecule has 0 fully saturated rings. The quantitative estimate of drug-likeness (QED) is 0.243. The van der Waals surface area contributed by atoms with Gasteiger partial charge in [-0.25, -0.2) is 0 Å². The predicted octanol–water partition coefficient (Wildman–Crippen LogP) is 7.18. The molecule has 0 saturated heterocycles. The van der Waals surface area contributed by atoms with E-state index in [1.165, 1.54) is 5.32 Å². The van der Waals surface area contributed by atoms with E-state index in [4.69, 9.17) is 0 Å². The molecule has 1 atom stereocenters. The van der Waals surface area contributed by atoms with Crippen LogP contribution in [0.3, 0.4) is 0 Å². The van der Waals surface area contributed by atoms with Crippen LogP contribution in [0.1, 0.15) is 12.7 Å². The molecule has 1 N–H and O–H groups in total. The van der Waals surface area contributed by atoms with Crippen LogP contribution < -0.4 is 5.32 Å². The largest absolute Gasteiger partial charge is 0.463 e. The van der Waals surface area contributed by atoms with Crippen molar-refractivity contribution in [3.05, 3.63) is 30.0 Å². The molecule has 1 unspecified atom stereocenters. The molecule has 0 saturated carbocycles. The Balaban J connectivity index is 2.67. The monoisotopic (exact) mass is 594 g/mol. The molecule has 212 valence electrons. The summed E-state index contributed by atoms with van der Waals surface area (Å²) in [4.78, 5) is 0. The van der Waals surface area contributed by atoms with Crippen molar-refractivity contribution in [1.29, 1.82) is 0 Å². The van der Waals surface area contributed by atoms with E-state index in [0.717, 1.165) is 25.3 Å². The van der Waals surface area contributed by atoms with E-state index < -0.39 is 73.1 Å². The highest BCUT2D eigenvalue weighted by molar-refractivity contribution is 7.61. The third-order valence-corrected chi connectivity index (χ3v) is 6.20. The van der Waals surface area contributed by atoms with Crippen LogP contribution in [0.15, 0.2) is 33.4 Å². The smallest absolute Gasteiger partial charge is 0.460 e. The van der Waals surface area contributed by atoms with Gasteiger partial charge in [0.1, 0.15) is 5.76 Å². The molecule has 0 amide bonds. The number of rotatable bonds is 9. The molecule has 0 spiro atoms. The molecule has 1 aromatic heterocycles. The molecule has 5 nitrogen and oxygen atoms in total. The molecule has 2 heterocycles. The first-order chi connectivity index (χ1) is 16.3. The summed E-state index contributed by atoms with van der Waals surface area (Å²) in [6, 6.07) is 1.90. The minimum absolute atomic E-state index is 0.331. The first-order valence-electron chi connectivity index (χ1n) is 9.06. The van der Waals surface area contributed by atoms with Gasteiger partial charge >= 0.3 is 49.2 Å². The van der Waals surface area contributed by atoms with E-state index >= 15 is 0 Å². The van der Waals surface area contributed by atoms with Crippen molar-refractivity contribution >= 4 is 19.1 Å². The fourth-order valence-electron chi connectivity index (χ4n) is 2.58. The summed E-state index contributed by atoms with van der Waals surface area (Å²) in [6.45, 7) is 0.368. The number of alkyl halides is 15. The Morgan fingerprint density at radius 2 is 1.32 bits per heavy atom. The number of halogens is 15. The Labute approximate surface area is 194 Å². The highest BCUT2D eigenvalue weighted by Crippen LogP contribution is 2.63. The molecule has 21 heteroatoms. The minimum Gasteiger partial charge on any atom is -0.463 e. The van der Waals surface area contributed by atoms with Gasteiger partial charge in [0.05, 0.1) is 24.4 Å². The normalized spacial score (nSPS) is 20.9. The van der Waals surface area contributed by atoms with Gasteiger partial charge in [-0.1, -0.05) is 0 Å². The molecular weight excluding hydrogens is 584 g/mol. The predicted molar refractivity (Wildman–Crippen MR) is 92.2 cm³/mol. The fourth-order valence-corrected chi connectivity index (χ4v) is 4.11. The summed E-state index contributed by atoms with van der Waals surface area (Å²) in [6.07, 6.45) is -6.89. The van der Waals surface area contributed by atoms with Gasteiger partial charge in [0, 0.05) is 0 Å². The second kappa shape index (κ2) is 8.84. The van der Waals surface area contributed by atoms with E-state index in [2.05, 4.69) is 13.7 Å². The van der Waals surface area contributed by atoms with Crippen LogP contribution in [0.5, 0.6) is 0 Å². The standard InChI is InChI=1S/C16H10F15N2O3P/c1-2-36-37(34)6-7(8-4-3-5-35-8)32-9(33-37)10(17,18)11(19,20)12(21,22)13(23,24)14(25,26)15(27,28)16(29,30)31/h3-6H,2H2,1H3,(H,32,33,34). The van der Waals surface area contributed by atoms with Gasteiger partial charge in [0.25, 0.3) is 0 Å². The van der Waals surface area contributed by atoms with E-state index in [-0.39, 0.29) is 0 Å². The van der Waals surface area contributed by atoms with Crippen LogP contribution >= 0.6 is 7.52 Å². The van der Waals surface area contributed by atoms with Gasteiger partial charge < -0.3 is 14.3 Å². The number of hydrogen-bond acceptors (Lipinski definition) is 4. The van der Waals surface area contributed by atoms with Crippen LogP contribution in [-0.4, -0.2) is 54.2 Å². The Morgan fingerprint density at radius 3 is 1.76 bits per heavy atom. The van der Waals surface area contributed by atoms with Gasteiger partial charge in [-0.15, -0.1) is 0 Å². The first kappa shape index (κ1) is 30.9. The maximum Gasteiger partial charge on any atom is 0.460 e. The van der Waals surface area contributed by atoms with Crippen molar-refractivity contribution in [2.75, 3.05) is 6.61 Å². The summed E-state index contributed by atoms with van der Waals surface area (Å²) in [5.74, 6) is -51.3. The lowest BCUT2D eigenvalue weighted by Crippen LogP contribution is -2.74. The SMILES string of the molecule is CCOP1(=O)C=C(c2ccco2)NC(C(F)(F)C(F)(F)C(F)(F)C(F)(F)C(F)(F)C(F)(F)C(F)(F)F)=N1. The third kappa shape index (κ3) is 4.48. The van der Waals surface area contributed by atoms with Crippen LogP contribution in [0.4, 0.5) is 65.9 Å². The van der Waals surface area contributed by atoms with Crippen molar-refractivity contribution in [2.24, 2.45) is 4.76 Å². The molecule has 37 heavy (non-hydrogen) atoms. The fraction of sp³-hybridized carbons (Fsp3) is 0.562. The van der Waals surface area contributed by atoms with Crippen LogP contribution in [0, 0.1) is 0 Å². The first-order valence-corrected chi connectivity index (χ1v) is 10.7. The Hall–Kier alpha value is -2.37. The van der Waals surface area contributed by atoms with Crippen molar-refractivity contribution in [1.82, 2.24) is 5.32 Å². The molecule has 1 aromatic rings. The average molecular weight is 594 g/mol. The summed E-state index contributed by atoms with van der Waals surface area (Å²) in [5, 5.41) is 1.17. The van der Waals surface area contributed by atoms with Crippen LogP contribution in [-0.2, 0) is 9.09 Å². The zero-order valence-electron chi connectivity index (χ0n) is 17.3. The molecular formula is C16H10F15N2O3P. The minimum atomic E-state index is -8.47. The lowest BCUT2D eigenvalue weighted by Gasteiger charge is -2.41. The van der Waals surface area contributed by atoms with Gasteiger partial charge in [-0.3, -0.25) is 4.57 Å². The highest BCUT2D eigenvalue weighted by Gasteiger charge is 2.93. The highest BCUT2D eigenvalue weighted by atomic mass is 31.2.